The fraction of sp³-hybridized carbons (Fsp3) is 0.389. The number of carbonyl (C=O) groups excluding carboxylic acids is 1. The van der Waals surface area contributed by atoms with Gasteiger partial charge in [0.05, 0.1) is 6.61 Å². The molecule has 1 aromatic carbocycles. The maximum Gasteiger partial charge on any atom is 0.412 e. The van der Waals surface area contributed by atoms with E-state index in [-0.39, 0.29) is 0 Å². The van der Waals surface area contributed by atoms with Gasteiger partial charge in [-0.05, 0) is 12.1 Å². The summed E-state index contributed by atoms with van der Waals surface area (Å²) in [4.78, 5) is 61.3. The first-order valence-corrected chi connectivity index (χ1v) is 13.2. The van der Waals surface area contributed by atoms with Crippen LogP contribution in [0.25, 0.3) is 0 Å². The van der Waals surface area contributed by atoms with Gasteiger partial charge in [0.1, 0.15) is 19.8 Å². The number of nitrogens with one attached hydrogen (secondary N) is 2. The first kappa shape index (κ1) is 27.0. The fourth-order valence-electron chi connectivity index (χ4n) is 3.03. The molecule has 6 atom stereocenters. The number of H-pyrrole nitrogens is 1. The van der Waals surface area contributed by atoms with Crippen molar-refractivity contribution in [1.29, 1.82) is 0 Å². The third-order valence-electron chi connectivity index (χ3n) is 4.71. The number of carbonyl (C=O) groups is 1. The Hall–Kier alpha value is -2.61. The lowest BCUT2D eigenvalue weighted by Gasteiger charge is -2.31. The quantitative estimate of drug-likeness (QED) is 0.347. The largest absolute Gasteiger partial charge is 0.778 e. The van der Waals surface area contributed by atoms with E-state index in [9.17, 15) is 38.4 Å². The fourth-order valence-corrected chi connectivity index (χ4v) is 5.22. The molecule has 1 fully saturated rings. The zero-order valence-electron chi connectivity index (χ0n) is 18.0. The molecule has 1 saturated heterocycles. The monoisotopic (exact) mass is 533 g/mol. The van der Waals surface area contributed by atoms with Gasteiger partial charge in [0.15, 0.2) is 12.3 Å². The first-order valence-electron chi connectivity index (χ1n) is 10.1. The zero-order valence-corrected chi connectivity index (χ0v) is 19.8. The average molecular weight is 533 g/mol. The Labute approximate surface area is 197 Å². The molecule has 2 aromatic rings. The summed E-state index contributed by atoms with van der Waals surface area (Å²) >= 11 is 0. The first-order chi connectivity index (χ1) is 16.4. The molecule has 35 heavy (non-hydrogen) atoms. The van der Waals surface area contributed by atoms with Gasteiger partial charge < -0.3 is 33.5 Å². The summed E-state index contributed by atoms with van der Waals surface area (Å²) in [6, 6.07) is 9.07. The standard InChI is InChI=1S/C18H23N3O12P2/c1-2-34(26,27)33-35(28,29)30-10-12-14(23)15(32-18(25)19-11-6-4-3-5-7-11)16(31-12)21-9-8-13(22)20-17(21)24/h3-9,12,14-16,23H,2,10H2,1H3,(H,19,25)(H,26,27)(H,28,29)(H,20,22,24)/p-2/t12-,14?,15+,16-/m1/s1. The number of phosphoric acid groups is 1. The number of rotatable bonds is 9. The molecule has 192 valence electrons. The summed E-state index contributed by atoms with van der Waals surface area (Å²) in [6.07, 6.45) is -7.00. The second kappa shape index (κ2) is 11.0. The van der Waals surface area contributed by atoms with Gasteiger partial charge in [-0.2, -0.15) is 0 Å². The normalized spacial score (nSPS) is 25.4. The number of nitrogens with zero attached hydrogens (tertiary/aromatic N) is 1. The molecule has 15 nitrogen and oxygen atoms in total. The van der Waals surface area contributed by atoms with Crippen LogP contribution < -0.4 is 26.4 Å². The highest BCUT2D eigenvalue weighted by molar-refractivity contribution is 7.62. The molecule has 0 bridgehead atoms. The topological polar surface area (TPSA) is 221 Å². The summed E-state index contributed by atoms with van der Waals surface area (Å²) in [5, 5.41) is 13.1. The molecule has 1 aliphatic heterocycles. The van der Waals surface area contributed by atoms with Crippen molar-refractivity contribution in [2.75, 3.05) is 18.1 Å². The van der Waals surface area contributed by atoms with Crippen LogP contribution in [0.3, 0.4) is 0 Å². The number of aromatic amines is 1. The van der Waals surface area contributed by atoms with Crippen LogP contribution in [0.1, 0.15) is 13.2 Å². The molecule has 0 aliphatic carbocycles. The predicted octanol–water partition coefficient (Wildman–Crippen LogP) is -0.513. The molecule has 1 aromatic heterocycles. The molecule has 3 N–H and O–H groups in total. The van der Waals surface area contributed by atoms with Crippen LogP contribution in [0.5, 0.6) is 0 Å². The summed E-state index contributed by atoms with van der Waals surface area (Å²) in [5.41, 5.74) is -1.35. The lowest BCUT2D eigenvalue weighted by molar-refractivity contribution is -0.233. The number of aliphatic hydroxyl groups excluding tert-OH is 1. The Morgan fingerprint density at radius 2 is 1.91 bits per heavy atom. The number of phosphoric ester groups is 1. The van der Waals surface area contributed by atoms with E-state index in [0.29, 0.717) is 5.69 Å². The van der Waals surface area contributed by atoms with Crippen LogP contribution in [-0.4, -0.2) is 51.8 Å². The molecular formula is C18H21N3O12P2-2. The number of aliphatic hydroxyl groups is 1. The van der Waals surface area contributed by atoms with Crippen molar-refractivity contribution in [3.63, 3.8) is 0 Å². The highest BCUT2D eigenvalue weighted by Crippen LogP contribution is 2.54. The van der Waals surface area contributed by atoms with Crippen molar-refractivity contribution in [3.05, 3.63) is 63.4 Å². The minimum Gasteiger partial charge on any atom is -0.778 e. The van der Waals surface area contributed by atoms with E-state index in [1.54, 1.807) is 30.3 Å². The van der Waals surface area contributed by atoms with Gasteiger partial charge in [0.25, 0.3) is 13.4 Å². The molecule has 0 radical (unpaired) electrons. The van der Waals surface area contributed by atoms with Crippen LogP contribution in [0, 0.1) is 0 Å². The Bertz CT molecular complexity index is 1250. The van der Waals surface area contributed by atoms with E-state index < -0.39 is 70.1 Å². The highest BCUT2D eigenvalue weighted by atomic mass is 31.3. The molecule has 3 unspecified atom stereocenters. The van der Waals surface area contributed by atoms with Crippen LogP contribution in [0.4, 0.5) is 10.5 Å². The van der Waals surface area contributed by atoms with E-state index >= 15 is 0 Å². The zero-order chi connectivity index (χ0) is 25.8. The van der Waals surface area contributed by atoms with Gasteiger partial charge in [0.2, 0.25) is 0 Å². The number of hydrogen-bond donors (Lipinski definition) is 3. The SMILES string of the molecule is CCP(=O)([O-])OP(=O)([O-])OC[C@H]1O[C@@H](n2ccc(=O)[nH]c2=O)[C@@H](OC(=O)Nc2ccccc2)C1O. The number of hydrogen-bond acceptors (Lipinski definition) is 12. The molecule has 3 rings (SSSR count). The van der Waals surface area contributed by atoms with Gasteiger partial charge in [-0.3, -0.25) is 28.5 Å². The lowest BCUT2D eigenvalue weighted by atomic mass is 10.1. The molecule has 1 aliphatic rings. The molecule has 17 heteroatoms. The number of para-hydroxylation sites is 1. The van der Waals surface area contributed by atoms with Gasteiger partial charge in [-0.15, -0.1) is 0 Å². The summed E-state index contributed by atoms with van der Waals surface area (Å²) in [7, 11) is -10.1. The van der Waals surface area contributed by atoms with E-state index in [0.717, 1.165) is 23.8 Å². The number of benzene rings is 1. The van der Waals surface area contributed by atoms with Crippen molar-refractivity contribution >= 4 is 27.2 Å². The van der Waals surface area contributed by atoms with E-state index in [4.69, 9.17) is 9.47 Å². The third kappa shape index (κ3) is 7.19. The van der Waals surface area contributed by atoms with E-state index in [2.05, 4.69) is 14.2 Å². The maximum atomic E-state index is 12.4. The highest BCUT2D eigenvalue weighted by Gasteiger charge is 2.48. The minimum atomic E-state index is -5.36. The molecular weight excluding hydrogens is 512 g/mol. The number of aromatic nitrogens is 2. The smallest absolute Gasteiger partial charge is 0.412 e. The van der Waals surface area contributed by atoms with Crippen molar-refractivity contribution in [3.8, 4) is 0 Å². The Morgan fingerprint density at radius 3 is 2.54 bits per heavy atom. The van der Waals surface area contributed by atoms with Crippen LogP contribution in [0.15, 0.2) is 52.2 Å². The summed E-state index contributed by atoms with van der Waals surface area (Å²) < 4.78 is 43.4. The lowest BCUT2D eigenvalue weighted by Crippen LogP contribution is -2.41. The third-order valence-corrected chi connectivity index (χ3v) is 7.75. The second-order valence-electron chi connectivity index (χ2n) is 7.19. The minimum absolute atomic E-state index is 0.353. The Balaban J connectivity index is 1.80. The average Bonchev–Trinajstić information content (AvgIpc) is 3.07. The molecule has 2 heterocycles. The van der Waals surface area contributed by atoms with Gasteiger partial charge >= 0.3 is 11.8 Å². The van der Waals surface area contributed by atoms with Gasteiger partial charge in [-0.25, -0.2) is 9.59 Å². The molecule has 0 spiro atoms. The van der Waals surface area contributed by atoms with Crippen molar-refractivity contribution in [2.45, 2.75) is 31.5 Å². The van der Waals surface area contributed by atoms with Crippen molar-refractivity contribution in [2.24, 2.45) is 0 Å². The van der Waals surface area contributed by atoms with Crippen LogP contribution >= 0.6 is 15.4 Å². The second-order valence-corrected chi connectivity index (χ2v) is 10.8. The number of ether oxygens (including phenoxy) is 2. The number of anilines is 1. The van der Waals surface area contributed by atoms with Crippen LogP contribution in [-0.2, 0) is 27.4 Å². The van der Waals surface area contributed by atoms with E-state index in [1.165, 1.54) is 0 Å². The van der Waals surface area contributed by atoms with Crippen LogP contribution in [0.2, 0.25) is 0 Å². The molecule has 0 saturated carbocycles. The van der Waals surface area contributed by atoms with Gasteiger partial charge in [-0.1, -0.05) is 25.1 Å². The maximum absolute atomic E-state index is 12.4. The number of amides is 1. The van der Waals surface area contributed by atoms with Gasteiger partial charge in [0, 0.05) is 24.1 Å². The Morgan fingerprint density at radius 1 is 1.23 bits per heavy atom. The Kier molecular flexibility index (Phi) is 8.46. The summed E-state index contributed by atoms with van der Waals surface area (Å²) in [5.74, 6) is 0. The van der Waals surface area contributed by atoms with E-state index in [1.807, 2.05) is 4.98 Å². The van der Waals surface area contributed by atoms with Crippen molar-refractivity contribution < 1.29 is 47.1 Å². The van der Waals surface area contributed by atoms with Crippen molar-refractivity contribution in [1.82, 2.24) is 9.55 Å². The summed E-state index contributed by atoms with van der Waals surface area (Å²) in [6.45, 7) is 0.215. The molecule has 1 amide bonds. The predicted molar refractivity (Wildman–Crippen MR) is 114 cm³/mol.